The van der Waals surface area contributed by atoms with Gasteiger partial charge in [0.25, 0.3) is 16.8 Å². The quantitative estimate of drug-likeness (QED) is 0.258. The molecule has 1 fully saturated rings. The van der Waals surface area contributed by atoms with E-state index in [1.54, 1.807) is 43.3 Å². The number of thioether (sulfide) groups is 1. The Bertz CT molecular complexity index is 1280. The monoisotopic (exact) mass is 454 g/mol. The van der Waals surface area contributed by atoms with Crippen molar-refractivity contribution in [1.82, 2.24) is 0 Å². The smallest absolute Gasteiger partial charge is 0.298 e. The van der Waals surface area contributed by atoms with Gasteiger partial charge in [0.15, 0.2) is 0 Å². The maximum atomic E-state index is 12.8. The van der Waals surface area contributed by atoms with Gasteiger partial charge in [0, 0.05) is 17.2 Å². The molecule has 0 N–H and O–H groups in total. The number of imide groups is 1. The normalized spacial score (nSPS) is 15.2. The van der Waals surface area contributed by atoms with Crippen molar-refractivity contribution in [1.29, 1.82) is 0 Å². The lowest BCUT2D eigenvalue weighted by molar-refractivity contribution is -0.384. The molecule has 0 radical (unpaired) electrons. The Labute approximate surface area is 186 Å². The number of rotatable bonds is 4. The maximum Gasteiger partial charge on any atom is 0.298 e. The van der Waals surface area contributed by atoms with Crippen LogP contribution in [0.15, 0.2) is 57.9 Å². The molecule has 156 valence electrons. The number of carbonyl (C=O) groups is 2. The lowest BCUT2D eigenvalue weighted by atomic mass is 10.0. The summed E-state index contributed by atoms with van der Waals surface area (Å²) in [7, 11) is 0. The van der Waals surface area contributed by atoms with Crippen molar-refractivity contribution in [3.8, 4) is 11.3 Å². The van der Waals surface area contributed by atoms with Gasteiger partial charge in [-0.2, -0.15) is 0 Å². The minimum atomic E-state index is -0.493. The van der Waals surface area contributed by atoms with E-state index in [1.807, 2.05) is 6.92 Å². The van der Waals surface area contributed by atoms with E-state index in [1.165, 1.54) is 18.2 Å². The average Bonchev–Trinajstić information content (AvgIpc) is 3.28. The fraction of sp³-hybridized carbons (Fsp3) is 0.0909. The number of nitrogens with zero attached hydrogens (tertiary/aromatic N) is 2. The number of nitro benzene ring substituents is 1. The number of carbonyl (C=O) groups excluding carboxylic acids is 2. The van der Waals surface area contributed by atoms with Crippen LogP contribution in [0.3, 0.4) is 0 Å². The van der Waals surface area contributed by atoms with E-state index in [0.29, 0.717) is 27.8 Å². The Balaban J connectivity index is 1.67. The van der Waals surface area contributed by atoms with Gasteiger partial charge in [0.05, 0.1) is 21.1 Å². The van der Waals surface area contributed by atoms with Crippen LogP contribution in [0.1, 0.15) is 16.9 Å². The fourth-order valence-corrected chi connectivity index (χ4v) is 4.17. The summed E-state index contributed by atoms with van der Waals surface area (Å²) in [5.74, 6) is 0.113. The summed E-state index contributed by atoms with van der Waals surface area (Å²) >= 11 is 6.75. The van der Waals surface area contributed by atoms with E-state index in [2.05, 4.69) is 0 Å². The van der Waals surface area contributed by atoms with Crippen LogP contribution in [0.5, 0.6) is 0 Å². The molecule has 7 nitrogen and oxygen atoms in total. The second-order valence-corrected chi connectivity index (χ2v) is 8.34. The molecule has 0 atom stereocenters. The third kappa shape index (κ3) is 3.99. The molecule has 1 aromatic heterocycles. The predicted octanol–water partition coefficient (Wildman–Crippen LogP) is 6.37. The Morgan fingerprint density at radius 3 is 2.55 bits per heavy atom. The van der Waals surface area contributed by atoms with Gasteiger partial charge in [-0.05, 0) is 73.1 Å². The highest BCUT2D eigenvalue weighted by Gasteiger charge is 2.36. The number of nitro groups is 1. The van der Waals surface area contributed by atoms with Crippen LogP contribution in [0, 0.1) is 24.0 Å². The van der Waals surface area contributed by atoms with Gasteiger partial charge in [-0.15, -0.1) is 0 Å². The molecule has 1 aliphatic rings. The van der Waals surface area contributed by atoms with Crippen molar-refractivity contribution in [3.05, 3.63) is 85.5 Å². The number of hydrogen-bond acceptors (Lipinski definition) is 6. The molecule has 0 saturated carbocycles. The largest absolute Gasteiger partial charge is 0.456 e. The number of furan rings is 1. The SMILES string of the molecule is Cc1cc(-c2ccc(/C=C3/SC(=O)N(c4cccc(Cl)c4)C3=O)o2)c([N+](=O)[O-])cc1C. The third-order valence-electron chi connectivity index (χ3n) is 4.83. The van der Waals surface area contributed by atoms with Gasteiger partial charge < -0.3 is 4.42 Å². The van der Waals surface area contributed by atoms with Gasteiger partial charge in [0.2, 0.25) is 0 Å². The van der Waals surface area contributed by atoms with E-state index < -0.39 is 16.1 Å². The number of benzene rings is 2. The summed E-state index contributed by atoms with van der Waals surface area (Å²) in [6.07, 6.45) is 1.45. The number of aryl methyl sites for hydroxylation is 2. The first-order valence-corrected chi connectivity index (χ1v) is 10.3. The van der Waals surface area contributed by atoms with E-state index in [-0.39, 0.29) is 10.6 Å². The predicted molar refractivity (Wildman–Crippen MR) is 120 cm³/mol. The molecule has 1 aliphatic heterocycles. The van der Waals surface area contributed by atoms with Crippen LogP contribution in [-0.2, 0) is 4.79 Å². The minimum absolute atomic E-state index is 0.0646. The molecule has 3 aromatic rings. The first-order valence-electron chi connectivity index (χ1n) is 9.14. The van der Waals surface area contributed by atoms with Crippen molar-refractivity contribution >= 4 is 52.0 Å². The fourth-order valence-electron chi connectivity index (χ4n) is 3.16. The molecule has 1 saturated heterocycles. The van der Waals surface area contributed by atoms with Gasteiger partial charge in [-0.25, -0.2) is 4.90 Å². The molecule has 31 heavy (non-hydrogen) atoms. The van der Waals surface area contributed by atoms with Gasteiger partial charge in [-0.3, -0.25) is 19.7 Å². The Kier molecular flexibility index (Phi) is 5.43. The molecule has 0 unspecified atom stereocenters. The highest BCUT2D eigenvalue weighted by molar-refractivity contribution is 8.19. The van der Waals surface area contributed by atoms with Crippen LogP contribution >= 0.6 is 23.4 Å². The number of hydrogen-bond donors (Lipinski definition) is 0. The Hall–Kier alpha value is -3.36. The number of halogens is 1. The Morgan fingerprint density at radius 2 is 1.84 bits per heavy atom. The highest BCUT2D eigenvalue weighted by Crippen LogP contribution is 2.38. The van der Waals surface area contributed by atoms with E-state index in [0.717, 1.165) is 27.8 Å². The van der Waals surface area contributed by atoms with Crippen molar-refractivity contribution in [2.45, 2.75) is 13.8 Å². The zero-order valence-electron chi connectivity index (χ0n) is 16.4. The van der Waals surface area contributed by atoms with Crippen molar-refractivity contribution < 1.29 is 18.9 Å². The van der Waals surface area contributed by atoms with E-state index in [9.17, 15) is 19.7 Å². The summed E-state index contributed by atoms with van der Waals surface area (Å²) in [6, 6.07) is 12.9. The lowest BCUT2D eigenvalue weighted by Crippen LogP contribution is -2.27. The molecule has 0 aliphatic carbocycles. The Morgan fingerprint density at radius 1 is 1.10 bits per heavy atom. The first-order chi connectivity index (χ1) is 14.7. The van der Waals surface area contributed by atoms with Crippen molar-refractivity contribution in [2.75, 3.05) is 4.90 Å². The van der Waals surface area contributed by atoms with Crippen LogP contribution in [0.4, 0.5) is 16.2 Å². The summed E-state index contributed by atoms with van der Waals surface area (Å²) in [4.78, 5) is 37.4. The minimum Gasteiger partial charge on any atom is -0.456 e. The summed E-state index contributed by atoms with van der Waals surface area (Å²) < 4.78 is 5.76. The molecule has 9 heteroatoms. The zero-order valence-corrected chi connectivity index (χ0v) is 18.0. The number of anilines is 1. The average molecular weight is 455 g/mol. The van der Waals surface area contributed by atoms with Crippen LogP contribution in [0.2, 0.25) is 5.02 Å². The summed E-state index contributed by atoms with van der Waals surface area (Å²) in [5.41, 5.74) is 2.35. The van der Waals surface area contributed by atoms with Crippen LogP contribution in [0.25, 0.3) is 17.4 Å². The zero-order chi connectivity index (χ0) is 22.3. The van der Waals surface area contributed by atoms with Crippen molar-refractivity contribution in [3.63, 3.8) is 0 Å². The molecular weight excluding hydrogens is 440 g/mol. The van der Waals surface area contributed by atoms with E-state index >= 15 is 0 Å². The van der Waals surface area contributed by atoms with E-state index in [4.69, 9.17) is 16.0 Å². The third-order valence-corrected chi connectivity index (χ3v) is 5.94. The molecule has 2 amide bonds. The molecule has 2 heterocycles. The first kappa shape index (κ1) is 20.9. The summed E-state index contributed by atoms with van der Waals surface area (Å²) in [6.45, 7) is 3.66. The summed E-state index contributed by atoms with van der Waals surface area (Å²) in [5, 5.41) is 11.4. The molecule has 2 aromatic carbocycles. The highest BCUT2D eigenvalue weighted by atomic mass is 35.5. The molecule has 0 spiro atoms. The topological polar surface area (TPSA) is 93.7 Å². The second-order valence-electron chi connectivity index (χ2n) is 6.91. The maximum absolute atomic E-state index is 12.8. The van der Waals surface area contributed by atoms with Gasteiger partial charge in [-0.1, -0.05) is 17.7 Å². The molecule has 0 bridgehead atoms. The standard InChI is InChI=1S/C22H15ClN2O5S/c1-12-8-17(18(25(28)29)9-13(12)2)19-7-6-16(30-19)11-20-21(26)24(22(27)31-20)15-5-3-4-14(23)10-15/h3-11H,1-2H3/b20-11+. The van der Waals surface area contributed by atoms with Crippen LogP contribution in [-0.4, -0.2) is 16.1 Å². The molecule has 4 rings (SSSR count). The van der Waals surface area contributed by atoms with Gasteiger partial charge in [0.1, 0.15) is 11.5 Å². The number of amides is 2. The van der Waals surface area contributed by atoms with Crippen LogP contribution < -0.4 is 4.90 Å². The van der Waals surface area contributed by atoms with Crippen molar-refractivity contribution in [2.24, 2.45) is 0 Å². The van der Waals surface area contributed by atoms with Gasteiger partial charge >= 0.3 is 0 Å². The lowest BCUT2D eigenvalue weighted by Gasteiger charge is -2.12. The second kappa shape index (κ2) is 8.05. The molecular formula is C22H15ClN2O5S.